The molecular formula is C16H18BrNO. The average molecular weight is 320 g/mol. The van der Waals surface area contributed by atoms with E-state index in [0.717, 1.165) is 22.2 Å². The van der Waals surface area contributed by atoms with E-state index in [1.165, 1.54) is 11.1 Å². The molecule has 0 spiro atoms. The highest BCUT2D eigenvalue weighted by molar-refractivity contribution is 9.10. The summed E-state index contributed by atoms with van der Waals surface area (Å²) < 4.78 is 6.96. The van der Waals surface area contributed by atoms with Gasteiger partial charge in [0, 0.05) is 4.47 Å². The van der Waals surface area contributed by atoms with Crippen LogP contribution < -0.4 is 10.5 Å². The van der Waals surface area contributed by atoms with Gasteiger partial charge in [-0.3, -0.25) is 0 Å². The Labute approximate surface area is 122 Å². The van der Waals surface area contributed by atoms with Crippen LogP contribution in [0.3, 0.4) is 0 Å². The Balaban J connectivity index is 2.10. The van der Waals surface area contributed by atoms with Crippen molar-refractivity contribution in [1.29, 1.82) is 0 Å². The minimum atomic E-state index is 0.584. The second-order valence-electron chi connectivity index (χ2n) is 4.57. The van der Waals surface area contributed by atoms with E-state index < -0.39 is 0 Å². The third kappa shape index (κ3) is 4.08. The molecule has 100 valence electrons. The monoisotopic (exact) mass is 319 g/mol. The molecule has 3 heteroatoms. The van der Waals surface area contributed by atoms with Gasteiger partial charge in [0.2, 0.25) is 0 Å². The van der Waals surface area contributed by atoms with Crippen LogP contribution in [0.1, 0.15) is 16.7 Å². The minimum Gasteiger partial charge on any atom is -0.489 e. The molecule has 2 aromatic rings. The fraction of sp³-hybridized carbons (Fsp3) is 0.250. The topological polar surface area (TPSA) is 35.2 Å². The minimum absolute atomic E-state index is 0.584. The van der Waals surface area contributed by atoms with Gasteiger partial charge in [-0.15, -0.1) is 0 Å². The SMILES string of the molecule is Cc1cccc(COc2ccc(Br)cc2CCN)c1. The number of aryl methyl sites for hydroxylation is 1. The third-order valence-corrected chi connectivity index (χ3v) is 3.41. The molecular weight excluding hydrogens is 302 g/mol. The van der Waals surface area contributed by atoms with E-state index in [-0.39, 0.29) is 0 Å². The van der Waals surface area contributed by atoms with Crippen LogP contribution in [0.2, 0.25) is 0 Å². The third-order valence-electron chi connectivity index (χ3n) is 2.91. The largest absolute Gasteiger partial charge is 0.489 e. The Morgan fingerprint density at radius 1 is 1.16 bits per heavy atom. The van der Waals surface area contributed by atoms with Crippen LogP contribution in [0.5, 0.6) is 5.75 Å². The maximum atomic E-state index is 5.91. The highest BCUT2D eigenvalue weighted by Crippen LogP contribution is 2.24. The van der Waals surface area contributed by atoms with Crippen molar-refractivity contribution in [2.45, 2.75) is 20.0 Å². The highest BCUT2D eigenvalue weighted by Gasteiger charge is 2.04. The van der Waals surface area contributed by atoms with Gasteiger partial charge in [0.25, 0.3) is 0 Å². The first-order chi connectivity index (χ1) is 9.19. The number of ether oxygens (including phenoxy) is 1. The highest BCUT2D eigenvalue weighted by atomic mass is 79.9. The molecule has 0 aromatic heterocycles. The zero-order valence-corrected chi connectivity index (χ0v) is 12.6. The zero-order chi connectivity index (χ0) is 13.7. The summed E-state index contributed by atoms with van der Waals surface area (Å²) in [4.78, 5) is 0. The molecule has 0 saturated carbocycles. The van der Waals surface area contributed by atoms with Gasteiger partial charge < -0.3 is 10.5 Å². The molecule has 0 aliphatic carbocycles. The molecule has 2 rings (SSSR count). The van der Waals surface area contributed by atoms with Crippen LogP contribution in [0, 0.1) is 6.92 Å². The first kappa shape index (κ1) is 14.1. The Hall–Kier alpha value is -1.32. The number of benzene rings is 2. The van der Waals surface area contributed by atoms with E-state index in [1.54, 1.807) is 0 Å². The lowest BCUT2D eigenvalue weighted by Gasteiger charge is -2.12. The van der Waals surface area contributed by atoms with E-state index >= 15 is 0 Å². The molecule has 2 nitrogen and oxygen atoms in total. The lowest BCUT2D eigenvalue weighted by Crippen LogP contribution is -2.05. The molecule has 0 atom stereocenters. The van der Waals surface area contributed by atoms with Gasteiger partial charge in [-0.1, -0.05) is 45.8 Å². The quantitative estimate of drug-likeness (QED) is 0.908. The second kappa shape index (κ2) is 6.73. The zero-order valence-electron chi connectivity index (χ0n) is 11.0. The Morgan fingerprint density at radius 2 is 2.00 bits per heavy atom. The first-order valence-corrected chi connectivity index (χ1v) is 7.15. The summed E-state index contributed by atoms with van der Waals surface area (Å²) in [6, 6.07) is 14.4. The van der Waals surface area contributed by atoms with Gasteiger partial charge in [0.15, 0.2) is 0 Å². The van der Waals surface area contributed by atoms with Gasteiger partial charge in [-0.05, 0) is 49.2 Å². The summed E-state index contributed by atoms with van der Waals surface area (Å²) in [5.41, 5.74) is 9.21. The van der Waals surface area contributed by atoms with Gasteiger partial charge in [-0.25, -0.2) is 0 Å². The second-order valence-corrected chi connectivity index (χ2v) is 5.48. The van der Waals surface area contributed by atoms with Gasteiger partial charge in [0.05, 0.1) is 0 Å². The molecule has 0 heterocycles. The summed E-state index contributed by atoms with van der Waals surface area (Å²) in [5.74, 6) is 0.912. The maximum Gasteiger partial charge on any atom is 0.123 e. The van der Waals surface area contributed by atoms with Crippen LogP contribution in [0.4, 0.5) is 0 Å². The van der Waals surface area contributed by atoms with Crippen LogP contribution in [-0.4, -0.2) is 6.54 Å². The summed E-state index contributed by atoms with van der Waals surface area (Å²) in [7, 11) is 0. The lowest BCUT2D eigenvalue weighted by molar-refractivity contribution is 0.303. The van der Waals surface area contributed by atoms with Crippen molar-refractivity contribution in [2.24, 2.45) is 5.73 Å². The molecule has 0 aliphatic heterocycles. The molecule has 0 unspecified atom stereocenters. The predicted octanol–water partition coefficient (Wildman–Crippen LogP) is 3.84. The van der Waals surface area contributed by atoms with Crippen LogP contribution in [0.25, 0.3) is 0 Å². The van der Waals surface area contributed by atoms with Crippen molar-refractivity contribution in [2.75, 3.05) is 6.54 Å². The Kier molecular flexibility index (Phi) is 5.00. The Morgan fingerprint density at radius 3 is 2.74 bits per heavy atom. The van der Waals surface area contributed by atoms with E-state index in [9.17, 15) is 0 Å². The number of halogens is 1. The Bertz CT molecular complexity index is 554. The molecule has 0 bridgehead atoms. The summed E-state index contributed by atoms with van der Waals surface area (Å²) in [6.07, 6.45) is 0.822. The van der Waals surface area contributed by atoms with Gasteiger partial charge >= 0.3 is 0 Å². The first-order valence-electron chi connectivity index (χ1n) is 6.36. The standard InChI is InChI=1S/C16H18BrNO/c1-12-3-2-4-13(9-12)11-19-16-6-5-15(17)10-14(16)7-8-18/h2-6,9-10H,7-8,11,18H2,1H3. The summed E-state index contributed by atoms with van der Waals surface area (Å²) in [6.45, 7) is 3.29. The van der Waals surface area contributed by atoms with E-state index in [1.807, 2.05) is 12.1 Å². The van der Waals surface area contributed by atoms with Crippen molar-refractivity contribution >= 4 is 15.9 Å². The van der Waals surface area contributed by atoms with E-state index in [4.69, 9.17) is 10.5 Å². The fourth-order valence-corrected chi connectivity index (χ4v) is 2.41. The van der Waals surface area contributed by atoms with Crippen molar-refractivity contribution in [3.63, 3.8) is 0 Å². The van der Waals surface area contributed by atoms with Crippen molar-refractivity contribution < 1.29 is 4.74 Å². The van der Waals surface area contributed by atoms with Crippen molar-refractivity contribution in [1.82, 2.24) is 0 Å². The number of rotatable bonds is 5. The molecule has 0 aliphatic rings. The van der Waals surface area contributed by atoms with Crippen LogP contribution >= 0.6 is 15.9 Å². The summed E-state index contributed by atoms with van der Waals surface area (Å²) in [5, 5.41) is 0. The molecule has 19 heavy (non-hydrogen) atoms. The van der Waals surface area contributed by atoms with Gasteiger partial charge in [0.1, 0.15) is 12.4 Å². The van der Waals surface area contributed by atoms with Crippen molar-refractivity contribution in [3.8, 4) is 5.75 Å². The number of hydrogen-bond acceptors (Lipinski definition) is 2. The van der Waals surface area contributed by atoms with E-state index in [0.29, 0.717) is 13.2 Å². The van der Waals surface area contributed by atoms with Crippen LogP contribution in [-0.2, 0) is 13.0 Å². The lowest BCUT2D eigenvalue weighted by atomic mass is 10.1. The molecule has 0 fully saturated rings. The molecule has 0 radical (unpaired) electrons. The van der Waals surface area contributed by atoms with Gasteiger partial charge in [-0.2, -0.15) is 0 Å². The predicted molar refractivity (Wildman–Crippen MR) is 82.4 cm³/mol. The number of nitrogens with two attached hydrogens (primary N) is 1. The van der Waals surface area contributed by atoms with Crippen molar-refractivity contribution in [3.05, 3.63) is 63.6 Å². The summed E-state index contributed by atoms with van der Waals surface area (Å²) >= 11 is 3.48. The molecule has 0 amide bonds. The number of hydrogen-bond donors (Lipinski definition) is 1. The van der Waals surface area contributed by atoms with Crippen LogP contribution in [0.15, 0.2) is 46.9 Å². The fourth-order valence-electron chi connectivity index (χ4n) is 2.00. The smallest absolute Gasteiger partial charge is 0.123 e. The average Bonchev–Trinajstić information content (AvgIpc) is 2.38. The molecule has 0 saturated heterocycles. The maximum absolute atomic E-state index is 5.91. The normalized spacial score (nSPS) is 10.5. The van der Waals surface area contributed by atoms with E-state index in [2.05, 4.69) is 53.2 Å². The molecule has 2 aromatic carbocycles. The molecule has 2 N–H and O–H groups in total.